The average Bonchev–Trinajstić information content (AvgIpc) is 2.99. The van der Waals surface area contributed by atoms with E-state index in [1.807, 2.05) is 12.1 Å². The lowest BCUT2D eigenvalue weighted by Crippen LogP contribution is -2.36. The molecule has 0 unspecified atom stereocenters. The number of carbonyl (C=O) groups excluding carboxylic acids is 2. The Morgan fingerprint density at radius 2 is 2.05 bits per heavy atom. The van der Waals surface area contributed by atoms with E-state index < -0.39 is 5.91 Å². The van der Waals surface area contributed by atoms with Crippen molar-refractivity contribution in [3.05, 3.63) is 23.9 Å². The van der Waals surface area contributed by atoms with Crippen LogP contribution in [0.3, 0.4) is 0 Å². The summed E-state index contributed by atoms with van der Waals surface area (Å²) in [5.41, 5.74) is 5.86. The van der Waals surface area contributed by atoms with Crippen LogP contribution in [0.15, 0.2) is 18.3 Å². The Morgan fingerprint density at radius 3 is 2.68 bits per heavy atom. The van der Waals surface area contributed by atoms with Gasteiger partial charge in [0.1, 0.15) is 6.10 Å². The Morgan fingerprint density at radius 1 is 1.27 bits per heavy atom. The molecule has 1 fully saturated rings. The van der Waals surface area contributed by atoms with Gasteiger partial charge in [-0.05, 0) is 31.2 Å². The zero-order chi connectivity index (χ0) is 15.8. The number of nitrogens with zero attached hydrogens (tertiary/aromatic N) is 1. The van der Waals surface area contributed by atoms with Gasteiger partial charge in [0.2, 0.25) is 11.8 Å². The van der Waals surface area contributed by atoms with Gasteiger partial charge in [0.05, 0.1) is 0 Å². The van der Waals surface area contributed by atoms with Gasteiger partial charge < -0.3 is 21.1 Å². The van der Waals surface area contributed by atoms with E-state index in [2.05, 4.69) is 15.6 Å². The summed E-state index contributed by atoms with van der Waals surface area (Å²) in [7, 11) is 0. The number of hydrogen-bond donors (Lipinski definition) is 3. The third kappa shape index (κ3) is 5.59. The highest BCUT2D eigenvalue weighted by atomic mass is 16.5. The predicted octanol–water partition coefficient (Wildman–Crippen LogP) is 1.08. The van der Waals surface area contributed by atoms with Crippen LogP contribution < -0.4 is 21.1 Å². The fourth-order valence-corrected chi connectivity index (χ4v) is 2.31. The van der Waals surface area contributed by atoms with Crippen molar-refractivity contribution in [1.29, 1.82) is 0 Å². The first-order valence-electron chi connectivity index (χ1n) is 7.55. The molecule has 1 aliphatic rings. The first-order chi connectivity index (χ1) is 10.6. The molecule has 1 aromatic rings. The smallest absolute Gasteiger partial charge is 0.315 e. The van der Waals surface area contributed by atoms with Gasteiger partial charge in [0, 0.05) is 31.8 Å². The summed E-state index contributed by atoms with van der Waals surface area (Å²) < 4.78 is 5.78. The van der Waals surface area contributed by atoms with Crippen LogP contribution in [0.5, 0.6) is 5.88 Å². The van der Waals surface area contributed by atoms with Crippen LogP contribution in [0.4, 0.5) is 4.79 Å². The van der Waals surface area contributed by atoms with Gasteiger partial charge in [-0.25, -0.2) is 9.78 Å². The largest absolute Gasteiger partial charge is 0.474 e. The number of amides is 3. The maximum absolute atomic E-state index is 11.5. The zero-order valence-electron chi connectivity index (χ0n) is 12.5. The van der Waals surface area contributed by atoms with Gasteiger partial charge in [-0.1, -0.05) is 6.07 Å². The number of rotatable bonds is 7. The minimum atomic E-state index is -0.442. The Balaban J connectivity index is 1.69. The van der Waals surface area contributed by atoms with Crippen molar-refractivity contribution in [3.63, 3.8) is 0 Å². The fourth-order valence-electron chi connectivity index (χ4n) is 2.31. The average molecular weight is 306 g/mol. The van der Waals surface area contributed by atoms with Crippen LogP contribution in [0.1, 0.15) is 37.7 Å². The third-order valence-electron chi connectivity index (χ3n) is 3.50. The molecular formula is C15H22N4O3. The van der Waals surface area contributed by atoms with Crippen molar-refractivity contribution in [2.75, 3.05) is 6.54 Å². The summed E-state index contributed by atoms with van der Waals surface area (Å²) in [6, 6.07) is 3.36. The molecule has 0 atom stereocenters. The summed E-state index contributed by atoms with van der Waals surface area (Å²) in [5, 5.41) is 5.23. The van der Waals surface area contributed by atoms with Gasteiger partial charge in [-0.15, -0.1) is 0 Å². The lowest BCUT2D eigenvalue weighted by Gasteiger charge is -2.12. The Bertz CT molecular complexity index is 498. The summed E-state index contributed by atoms with van der Waals surface area (Å²) in [5.74, 6) is 0.184. The van der Waals surface area contributed by atoms with E-state index in [-0.39, 0.29) is 25.1 Å². The van der Waals surface area contributed by atoms with Crippen LogP contribution in [-0.2, 0) is 11.3 Å². The normalized spacial score (nSPS) is 14.5. The van der Waals surface area contributed by atoms with E-state index in [0.29, 0.717) is 12.4 Å². The molecule has 0 bridgehead atoms. The number of carbonyl (C=O) groups is 2. The molecule has 7 nitrogen and oxygen atoms in total. The number of aromatic nitrogens is 1. The highest BCUT2D eigenvalue weighted by molar-refractivity contribution is 5.76. The van der Waals surface area contributed by atoms with E-state index in [1.165, 1.54) is 12.8 Å². The van der Waals surface area contributed by atoms with Crippen molar-refractivity contribution in [2.24, 2.45) is 5.73 Å². The summed E-state index contributed by atoms with van der Waals surface area (Å²) >= 11 is 0. The van der Waals surface area contributed by atoms with Crippen LogP contribution in [0.25, 0.3) is 0 Å². The lowest BCUT2D eigenvalue weighted by molar-refractivity contribution is -0.117. The van der Waals surface area contributed by atoms with Gasteiger partial charge in [0.25, 0.3) is 0 Å². The molecule has 0 radical (unpaired) electrons. The zero-order valence-corrected chi connectivity index (χ0v) is 12.5. The summed E-state index contributed by atoms with van der Waals surface area (Å²) in [6.07, 6.45) is 6.73. The highest BCUT2D eigenvalue weighted by Gasteiger charge is 2.16. The Hall–Kier alpha value is -2.31. The molecular weight excluding hydrogens is 284 g/mol. The van der Waals surface area contributed by atoms with Crippen molar-refractivity contribution in [3.8, 4) is 5.88 Å². The molecule has 0 aliphatic heterocycles. The van der Waals surface area contributed by atoms with Gasteiger partial charge in [-0.2, -0.15) is 0 Å². The van der Waals surface area contributed by atoms with E-state index in [1.54, 1.807) is 6.20 Å². The van der Waals surface area contributed by atoms with Crippen molar-refractivity contribution in [2.45, 2.75) is 44.8 Å². The minimum Gasteiger partial charge on any atom is -0.474 e. The third-order valence-corrected chi connectivity index (χ3v) is 3.50. The number of nitrogens with one attached hydrogen (secondary N) is 2. The molecule has 1 aliphatic carbocycles. The molecule has 0 saturated heterocycles. The van der Waals surface area contributed by atoms with Crippen LogP contribution >= 0.6 is 0 Å². The standard InChI is InChI=1S/C15H22N4O3/c16-13(20)7-8-17-15(21)19-10-11-5-6-14(18-9-11)22-12-3-1-2-4-12/h5-6,9,12H,1-4,7-8,10H2,(H2,16,20)(H2,17,19,21). The molecule has 4 N–H and O–H groups in total. The molecule has 1 aromatic heterocycles. The van der Waals surface area contributed by atoms with Gasteiger partial charge >= 0.3 is 6.03 Å². The first-order valence-corrected chi connectivity index (χ1v) is 7.55. The SMILES string of the molecule is NC(=O)CCNC(=O)NCc1ccc(OC2CCCC2)nc1. The molecule has 3 amide bonds. The number of ether oxygens (including phenoxy) is 1. The number of urea groups is 1. The number of pyridine rings is 1. The second kappa shape index (κ2) is 8.21. The van der Waals surface area contributed by atoms with E-state index in [9.17, 15) is 9.59 Å². The number of nitrogens with two attached hydrogens (primary N) is 1. The number of primary amides is 1. The molecule has 0 spiro atoms. The summed E-state index contributed by atoms with van der Waals surface area (Å²) in [6.45, 7) is 0.590. The van der Waals surface area contributed by atoms with Crippen molar-refractivity contribution in [1.82, 2.24) is 15.6 Å². The molecule has 1 heterocycles. The maximum Gasteiger partial charge on any atom is 0.315 e. The molecule has 22 heavy (non-hydrogen) atoms. The number of hydrogen-bond acceptors (Lipinski definition) is 4. The quantitative estimate of drug-likeness (QED) is 0.700. The maximum atomic E-state index is 11.5. The summed E-state index contributed by atoms with van der Waals surface area (Å²) in [4.78, 5) is 26.3. The predicted molar refractivity (Wildman–Crippen MR) is 81.2 cm³/mol. The highest BCUT2D eigenvalue weighted by Crippen LogP contribution is 2.22. The van der Waals surface area contributed by atoms with Crippen LogP contribution in [0.2, 0.25) is 0 Å². The lowest BCUT2D eigenvalue weighted by atomic mass is 10.3. The van der Waals surface area contributed by atoms with E-state index in [4.69, 9.17) is 10.5 Å². The van der Waals surface area contributed by atoms with Crippen LogP contribution in [0, 0.1) is 0 Å². The topological polar surface area (TPSA) is 106 Å². The van der Waals surface area contributed by atoms with E-state index in [0.717, 1.165) is 18.4 Å². The first kappa shape index (κ1) is 16.1. The second-order valence-electron chi connectivity index (χ2n) is 5.35. The Labute approximate surface area is 129 Å². The van der Waals surface area contributed by atoms with Crippen LogP contribution in [-0.4, -0.2) is 29.6 Å². The monoisotopic (exact) mass is 306 g/mol. The van der Waals surface area contributed by atoms with Crippen molar-refractivity contribution >= 4 is 11.9 Å². The molecule has 7 heteroatoms. The van der Waals surface area contributed by atoms with E-state index >= 15 is 0 Å². The molecule has 2 rings (SSSR count). The Kier molecular flexibility index (Phi) is 6.00. The van der Waals surface area contributed by atoms with Gasteiger partial charge in [-0.3, -0.25) is 4.79 Å². The van der Waals surface area contributed by atoms with Crippen molar-refractivity contribution < 1.29 is 14.3 Å². The minimum absolute atomic E-state index is 0.127. The molecule has 0 aromatic carbocycles. The molecule has 120 valence electrons. The fraction of sp³-hybridized carbons (Fsp3) is 0.533. The second-order valence-corrected chi connectivity index (χ2v) is 5.35. The van der Waals surface area contributed by atoms with Gasteiger partial charge in [0.15, 0.2) is 0 Å². The molecule has 1 saturated carbocycles.